The number of hydrogen-bond acceptors (Lipinski definition) is 4. The lowest BCUT2D eigenvalue weighted by molar-refractivity contribution is -0.124. The van der Waals surface area contributed by atoms with Gasteiger partial charge >= 0.3 is 0 Å². The number of nitrogens with two attached hydrogens (primary N) is 1. The molecule has 1 atom stereocenters. The molecule has 2 rings (SSSR count). The lowest BCUT2D eigenvalue weighted by atomic mass is 9.95. The minimum absolute atomic E-state index is 0.267. The molecule has 1 aromatic heterocycles. The van der Waals surface area contributed by atoms with Gasteiger partial charge in [0.05, 0.1) is 5.03 Å². The summed E-state index contributed by atoms with van der Waals surface area (Å²) in [6.07, 6.45) is 3.89. The number of halogens is 1. The number of rotatable bonds is 6. The Labute approximate surface area is 119 Å². The van der Waals surface area contributed by atoms with E-state index >= 15 is 0 Å². The lowest BCUT2D eigenvalue weighted by Gasteiger charge is -2.29. The summed E-state index contributed by atoms with van der Waals surface area (Å²) in [7, 11) is 1.80. The lowest BCUT2D eigenvalue weighted by Crippen LogP contribution is -2.57. The SMILES string of the molecule is CNC(CSc1ccc(Br)cn1)(C(N)=O)C1CC1. The smallest absolute Gasteiger partial charge is 0.238 e. The van der Waals surface area contributed by atoms with Crippen LogP contribution in [0.3, 0.4) is 0 Å². The molecule has 0 spiro atoms. The summed E-state index contributed by atoms with van der Waals surface area (Å²) in [5.74, 6) is 0.720. The average Bonchev–Trinajstić information content (AvgIpc) is 3.17. The number of thioether (sulfide) groups is 1. The van der Waals surface area contributed by atoms with Gasteiger partial charge in [-0.05, 0) is 53.9 Å². The molecule has 1 amide bonds. The first-order valence-electron chi connectivity index (χ1n) is 5.81. The second kappa shape index (κ2) is 5.59. The van der Waals surface area contributed by atoms with Gasteiger partial charge < -0.3 is 11.1 Å². The molecule has 0 bridgehead atoms. The van der Waals surface area contributed by atoms with Crippen LogP contribution in [0.5, 0.6) is 0 Å². The normalized spacial score (nSPS) is 18.3. The molecule has 6 heteroatoms. The zero-order chi connectivity index (χ0) is 13.2. The van der Waals surface area contributed by atoms with Gasteiger partial charge in [-0.1, -0.05) is 0 Å². The fourth-order valence-corrected chi connectivity index (χ4v) is 3.43. The summed E-state index contributed by atoms with van der Waals surface area (Å²) in [5.41, 5.74) is 4.97. The van der Waals surface area contributed by atoms with Crippen LogP contribution in [0.2, 0.25) is 0 Å². The number of carbonyl (C=O) groups excluding carboxylic acids is 1. The quantitative estimate of drug-likeness (QED) is 0.781. The molecule has 1 heterocycles. The van der Waals surface area contributed by atoms with Crippen LogP contribution in [0.1, 0.15) is 12.8 Å². The van der Waals surface area contributed by atoms with E-state index < -0.39 is 5.54 Å². The molecule has 0 radical (unpaired) electrons. The van der Waals surface area contributed by atoms with E-state index in [2.05, 4.69) is 26.2 Å². The molecular formula is C12H16BrN3OS. The topological polar surface area (TPSA) is 68.0 Å². The number of nitrogens with one attached hydrogen (secondary N) is 1. The zero-order valence-corrected chi connectivity index (χ0v) is 12.6. The molecule has 1 saturated carbocycles. The summed E-state index contributed by atoms with van der Waals surface area (Å²) in [5, 5.41) is 4.03. The second-order valence-corrected chi connectivity index (χ2v) is 6.37. The fourth-order valence-electron chi connectivity index (χ4n) is 2.00. The van der Waals surface area contributed by atoms with Crippen molar-refractivity contribution in [2.75, 3.05) is 12.8 Å². The monoisotopic (exact) mass is 329 g/mol. The van der Waals surface area contributed by atoms with E-state index in [1.165, 1.54) is 0 Å². The minimum Gasteiger partial charge on any atom is -0.368 e. The molecule has 0 aliphatic heterocycles. The Bertz CT molecular complexity index is 435. The number of hydrogen-bond donors (Lipinski definition) is 2. The van der Waals surface area contributed by atoms with Gasteiger partial charge in [0, 0.05) is 16.4 Å². The van der Waals surface area contributed by atoms with Crippen molar-refractivity contribution in [3.63, 3.8) is 0 Å². The van der Waals surface area contributed by atoms with E-state index in [1.807, 2.05) is 12.1 Å². The molecule has 4 nitrogen and oxygen atoms in total. The van der Waals surface area contributed by atoms with Crippen LogP contribution in [-0.4, -0.2) is 29.2 Å². The molecule has 0 aromatic carbocycles. The van der Waals surface area contributed by atoms with Crippen molar-refractivity contribution in [3.8, 4) is 0 Å². The predicted molar refractivity (Wildman–Crippen MR) is 76.4 cm³/mol. The minimum atomic E-state index is -0.598. The Balaban J connectivity index is 2.06. The Kier molecular flexibility index (Phi) is 4.29. The Morgan fingerprint density at radius 2 is 2.39 bits per heavy atom. The van der Waals surface area contributed by atoms with Gasteiger partial charge in [0.1, 0.15) is 5.54 Å². The van der Waals surface area contributed by atoms with Crippen LogP contribution in [0, 0.1) is 5.92 Å². The third kappa shape index (κ3) is 2.87. The maximum absolute atomic E-state index is 11.7. The maximum Gasteiger partial charge on any atom is 0.238 e. The number of nitrogens with zero attached hydrogens (tertiary/aromatic N) is 1. The van der Waals surface area contributed by atoms with Gasteiger partial charge in [0.2, 0.25) is 5.91 Å². The Morgan fingerprint density at radius 3 is 2.83 bits per heavy atom. The van der Waals surface area contributed by atoms with E-state index in [0.29, 0.717) is 11.7 Å². The summed E-state index contributed by atoms with van der Waals surface area (Å²) < 4.78 is 0.948. The number of pyridine rings is 1. The fraction of sp³-hybridized carbons (Fsp3) is 0.500. The number of aromatic nitrogens is 1. The summed E-state index contributed by atoms with van der Waals surface area (Å²) in [4.78, 5) is 16.0. The molecule has 1 aromatic rings. The molecular weight excluding hydrogens is 314 g/mol. The van der Waals surface area contributed by atoms with Crippen LogP contribution >= 0.6 is 27.7 Å². The highest BCUT2D eigenvalue weighted by Crippen LogP contribution is 2.42. The van der Waals surface area contributed by atoms with Gasteiger partial charge in [0.15, 0.2) is 0 Å². The molecule has 18 heavy (non-hydrogen) atoms. The van der Waals surface area contributed by atoms with Crippen LogP contribution < -0.4 is 11.1 Å². The molecule has 3 N–H and O–H groups in total. The van der Waals surface area contributed by atoms with E-state index in [4.69, 9.17) is 5.73 Å². The van der Waals surface area contributed by atoms with Crippen LogP contribution in [0.25, 0.3) is 0 Å². The van der Waals surface area contributed by atoms with Gasteiger partial charge in [-0.3, -0.25) is 4.79 Å². The molecule has 1 aliphatic carbocycles. The van der Waals surface area contributed by atoms with E-state index in [0.717, 1.165) is 22.3 Å². The summed E-state index contributed by atoms with van der Waals surface area (Å²) in [6, 6.07) is 3.88. The molecule has 1 aliphatic rings. The van der Waals surface area contributed by atoms with Crippen LogP contribution in [0.15, 0.2) is 27.8 Å². The predicted octanol–water partition coefficient (Wildman–Crippen LogP) is 1.79. The maximum atomic E-state index is 11.7. The van der Waals surface area contributed by atoms with Gasteiger partial charge in [-0.15, -0.1) is 11.8 Å². The summed E-state index contributed by atoms with van der Waals surface area (Å²) >= 11 is 4.91. The highest BCUT2D eigenvalue weighted by molar-refractivity contribution is 9.10. The standard InChI is InChI=1S/C12H16BrN3OS/c1-15-12(11(14)17,8-2-3-8)7-18-10-5-4-9(13)6-16-10/h4-6,8,15H,2-3,7H2,1H3,(H2,14,17). The third-order valence-corrected chi connectivity index (χ3v) is 4.91. The number of amides is 1. The average molecular weight is 330 g/mol. The van der Waals surface area contributed by atoms with Crippen molar-refractivity contribution in [1.82, 2.24) is 10.3 Å². The van der Waals surface area contributed by atoms with E-state index in [1.54, 1.807) is 25.0 Å². The highest BCUT2D eigenvalue weighted by atomic mass is 79.9. The Morgan fingerprint density at radius 1 is 1.67 bits per heavy atom. The number of primary amides is 1. The van der Waals surface area contributed by atoms with Crippen molar-refractivity contribution in [1.29, 1.82) is 0 Å². The zero-order valence-electron chi connectivity index (χ0n) is 10.1. The molecule has 1 fully saturated rings. The molecule has 98 valence electrons. The van der Waals surface area contributed by atoms with Crippen molar-refractivity contribution < 1.29 is 4.79 Å². The number of carbonyl (C=O) groups is 1. The van der Waals surface area contributed by atoms with Crippen molar-refractivity contribution in [2.45, 2.75) is 23.4 Å². The first-order chi connectivity index (χ1) is 8.58. The van der Waals surface area contributed by atoms with Gasteiger partial charge in [-0.2, -0.15) is 0 Å². The second-order valence-electron chi connectivity index (χ2n) is 4.46. The van der Waals surface area contributed by atoms with Crippen LogP contribution in [0.4, 0.5) is 0 Å². The first kappa shape index (κ1) is 13.8. The van der Waals surface area contributed by atoms with Gasteiger partial charge in [0.25, 0.3) is 0 Å². The first-order valence-corrected chi connectivity index (χ1v) is 7.59. The number of likely N-dealkylation sites (N-methyl/N-ethyl adjacent to an activating group) is 1. The van der Waals surface area contributed by atoms with E-state index in [9.17, 15) is 4.79 Å². The molecule has 0 saturated heterocycles. The largest absolute Gasteiger partial charge is 0.368 e. The van der Waals surface area contributed by atoms with Crippen molar-refractivity contribution in [2.24, 2.45) is 11.7 Å². The van der Waals surface area contributed by atoms with E-state index in [-0.39, 0.29) is 5.91 Å². The highest BCUT2D eigenvalue weighted by Gasteiger charge is 2.48. The third-order valence-electron chi connectivity index (χ3n) is 3.31. The van der Waals surface area contributed by atoms with Gasteiger partial charge in [-0.25, -0.2) is 4.98 Å². The summed E-state index contributed by atoms with van der Waals surface area (Å²) in [6.45, 7) is 0. The van der Waals surface area contributed by atoms with Crippen LogP contribution in [-0.2, 0) is 4.79 Å². The Hall–Kier alpha value is -0.590. The van der Waals surface area contributed by atoms with Crippen molar-refractivity contribution >= 4 is 33.6 Å². The molecule has 1 unspecified atom stereocenters. The van der Waals surface area contributed by atoms with Crippen molar-refractivity contribution in [3.05, 3.63) is 22.8 Å².